The molecule has 0 saturated heterocycles. The lowest BCUT2D eigenvalue weighted by molar-refractivity contribution is 0.394. The van der Waals surface area contributed by atoms with Crippen LogP contribution in [0.25, 0.3) is 44.8 Å². The smallest absolute Gasteiger partial charge is 0.138 e. The van der Waals surface area contributed by atoms with E-state index in [9.17, 15) is 0 Å². The number of rotatable bonds is 12. The van der Waals surface area contributed by atoms with E-state index < -0.39 is 0 Å². The Morgan fingerprint density at radius 3 is 1.37 bits per heavy atom. The first kappa shape index (κ1) is 26.1. The van der Waals surface area contributed by atoms with Gasteiger partial charge in [-0.05, 0) is 115 Å². The predicted octanol–water partition coefficient (Wildman–Crippen LogP) is 6.54. The average molecular weight is 509 g/mol. The minimum atomic E-state index is 0.903. The fourth-order valence-corrected chi connectivity index (χ4v) is 5.00. The van der Waals surface area contributed by atoms with Gasteiger partial charge in [0.25, 0.3) is 0 Å². The van der Waals surface area contributed by atoms with E-state index in [1.165, 1.54) is 36.8 Å². The fraction of sp³-hybridized carbons (Fsp3) is 0.375. The molecule has 3 aromatic carbocycles. The van der Waals surface area contributed by atoms with Crippen LogP contribution in [0.5, 0.6) is 0 Å². The van der Waals surface area contributed by atoms with Crippen molar-refractivity contribution in [2.75, 3.05) is 41.3 Å². The highest BCUT2D eigenvalue weighted by Crippen LogP contribution is 2.26. The lowest BCUT2D eigenvalue weighted by Crippen LogP contribution is -2.12. The van der Waals surface area contributed by atoms with Crippen molar-refractivity contribution < 1.29 is 0 Å². The molecule has 0 radical (unpaired) electrons. The van der Waals surface area contributed by atoms with Gasteiger partial charge < -0.3 is 19.8 Å². The van der Waals surface area contributed by atoms with E-state index in [0.29, 0.717) is 0 Å². The highest BCUT2D eigenvalue weighted by atomic mass is 15.0. The van der Waals surface area contributed by atoms with Gasteiger partial charge in [-0.25, -0.2) is 9.97 Å². The molecule has 6 nitrogen and oxygen atoms in total. The molecule has 0 fully saturated rings. The van der Waals surface area contributed by atoms with E-state index in [2.05, 4.69) is 109 Å². The third kappa shape index (κ3) is 6.50. The van der Waals surface area contributed by atoms with Crippen molar-refractivity contribution in [3.63, 3.8) is 0 Å². The Labute approximate surface area is 226 Å². The van der Waals surface area contributed by atoms with E-state index in [-0.39, 0.29) is 0 Å². The first-order chi connectivity index (χ1) is 18.4. The Hall–Kier alpha value is -3.48. The molecule has 0 amide bonds. The zero-order valence-corrected chi connectivity index (χ0v) is 23.2. The minimum Gasteiger partial charge on any atom is -0.338 e. The largest absolute Gasteiger partial charge is 0.338 e. The quantitative estimate of drug-likeness (QED) is 0.188. The van der Waals surface area contributed by atoms with Crippen molar-refractivity contribution in [3.05, 3.63) is 71.8 Å². The van der Waals surface area contributed by atoms with Crippen LogP contribution in [0.1, 0.15) is 36.8 Å². The number of hydrogen-bond acceptors (Lipinski definition) is 4. The number of imidazole rings is 2. The Morgan fingerprint density at radius 2 is 0.974 bits per heavy atom. The SMILES string of the molecule is CN(C)CCCCc1ccc2nc(-c3ccc(-c4nc5ccc(CCCCN(C)C)cc5[nH]4)cc3)[nH]c2c1. The third-order valence-electron chi connectivity index (χ3n) is 7.17. The van der Waals surface area contributed by atoms with Crippen LogP contribution in [0.4, 0.5) is 0 Å². The molecule has 0 aliphatic heterocycles. The zero-order valence-electron chi connectivity index (χ0n) is 23.2. The van der Waals surface area contributed by atoms with Gasteiger partial charge in [-0.1, -0.05) is 36.4 Å². The van der Waals surface area contributed by atoms with Gasteiger partial charge in [0.2, 0.25) is 0 Å². The Morgan fingerprint density at radius 1 is 0.553 bits per heavy atom. The van der Waals surface area contributed by atoms with Crippen LogP contribution in [-0.2, 0) is 12.8 Å². The molecule has 0 aliphatic carbocycles. The van der Waals surface area contributed by atoms with Gasteiger partial charge in [0.05, 0.1) is 22.1 Å². The number of aryl methyl sites for hydroxylation is 2. The Kier molecular flexibility index (Phi) is 8.20. The highest BCUT2D eigenvalue weighted by Gasteiger charge is 2.10. The highest BCUT2D eigenvalue weighted by molar-refractivity contribution is 5.82. The standard InChI is InChI=1S/C32H40N6/c1-37(2)19-7-5-9-23-11-17-27-29(21-23)35-31(33-27)25-13-15-26(16-14-25)32-34-28-18-12-24(22-30(28)36-32)10-6-8-20-38(3)4/h11-18,21-22H,5-10,19-20H2,1-4H3,(H,33,35)(H,34,36). The summed E-state index contributed by atoms with van der Waals surface area (Å²) >= 11 is 0. The fourth-order valence-electron chi connectivity index (χ4n) is 5.00. The maximum Gasteiger partial charge on any atom is 0.138 e. The topological polar surface area (TPSA) is 63.8 Å². The molecule has 0 atom stereocenters. The van der Waals surface area contributed by atoms with Gasteiger partial charge in [-0.2, -0.15) is 0 Å². The van der Waals surface area contributed by atoms with Crippen LogP contribution in [0.15, 0.2) is 60.7 Å². The number of hydrogen-bond donors (Lipinski definition) is 2. The second-order valence-electron chi connectivity index (χ2n) is 11.0. The molecule has 198 valence electrons. The summed E-state index contributed by atoms with van der Waals surface area (Å²) in [6.45, 7) is 2.28. The molecule has 0 bridgehead atoms. The molecule has 0 unspecified atom stereocenters. The minimum absolute atomic E-state index is 0.903. The van der Waals surface area contributed by atoms with Crippen molar-refractivity contribution >= 4 is 22.1 Å². The molecule has 2 aromatic heterocycles. The summed E-state index contributed by atoms with van der Waals surface area (Å²) in [5, 5.41) is 0. The lowest BCUT2D eigenvalue weighted by Gasteiger charge is -2.08. The van der Waals surface area contributed by atoms with E-state index >= 15 is 0 Å². The van der Waals surface area contributed by atoms with Gasteiger partial charge in [-0.3, -0.25) is 0 Å². The first-order valence-corrected chi connectivity index (χ1v) is 13.8. The number of benzene rings is 3. The number of nitrogens with zero attached hydrogens (tertiary/aromatic N) is 4. The second-order valence-corrected chi connectivity index (χ2v) is 11.0. The van der Waals surface area contributed by atoms with Crippen molar-refractivity contribution in [1.29, 1.82) is 0 Å². The van der Waals surface area contributed by atoms with E-state index in [1.807, 2.05) is 0 Å². The van der Waals surface area contributed by atoms with Crippen LogP contribution >= 0.6 is 0 Å². The first-order valence-electron chi connectivity index (χ1n) is 13.8. The van der Waals surface area contributed by atoms with Crippen LogP contribution in [0.3, 0.4) is 0 Å². The van der Waals surface area contributed by atoms with Crippen LogP contribution in [0, 0.1) is 0 Å². The molecule has 0 saturated carbocycles. The maximum atomic E-state index is 4.84. The lowest BCUT2D eigenvalue weighted by atomic mass is 10.1. The van der Waals surface area contributed by atoms with Crippen LogP contribution in [0.2, 0.25) is 0 Å². The molecular weight excluding hydrogens is 468 g/mol. The summed E-state index contributed by atoms with van der Waals surface area (Å²) < 4.78 is 0. The molecule has 2 N–H and O–H groups in total. The van der Waals surface area contributed by atoms with E-state index in [1.54, 1.807) is 0 Å². The zero-order chi connectivity index (χ0) is 26.5. The van der Waals surface area contributed by atoms with Gasteiger partial charge in [-0.15, -0.1) is 0 Å². The summed E-state index contributed by atoms with van der Waals surface area (Å²) in [6.07, 6.45) is 7.03. The van der Waals surface area contributed by atoms with Gasteiger partial charge in [0.1, 0.15) is 11.6 Å². The monoisotopic (exact) mass is 508 g/mol. The summed E-state index contributed by atoms with van der Waals surface area (Å²) in [5.41, 5.74) is 9.11. The molecule has 6 heteroatoms. The number of aromatic amines is 2. The van der Waals surface area contributed by atoms with Crippen molar-refractivity contribution in [2.45, 2.75) is 38.5 Å². The molecule has 2 heterocycles. The Bertz CT molecular complexity index is 1360. The molecule has 5 aromatic rings. The summed E-state index contributed by atoms with van der Waals surface area (Å²) in [5.74, 6) is 1.81. The number of H-pyrrole nitrogens is 2. The molecular formula is C32H40N6. The van der Waals surface area contributed by atoms with Crippen LogP contribution in [-0.4, -0.2) is 71.0 Å². The number of fused-ring (bicyclic) bond motifs is 2. The summed E-state index contributed by atoms with van der Waals surface area (Å²) in [6, 6.07) is 21.7. The number of aromatic nitrogens is 4. The van der Waals surface area contributed by atoms with Crippen molar-refractivity contribution in [2.24, 2.45) is 0 Å². The predicted molar refractivity (Wildman–Crippen MR) is 160 cm³/mol. The molecule has 5 rings (SSSR count). The second kappa shape index (κ2) is 11.9. The Balaban J connectivity index is 1.26. The van der Waals surface area contributed by atoms with E-state index in [0.717, 1.165) is 70.8 Å². The van der Waals surface area contributed by atoms with Crippen molar-refractivity contribution in [3.8, 4) is 22.8 Å². The van der Waals surface area contributed by atoms with E-state index in [4.69, 9.17) is 9.97 Å². The molecule has 38 heavy (non-hydrogen) atoms. The number of nitrogens with one attached hydrogen (secondary N) is 2. The van der Waals surface area contributed by atoms with Gasteiger partial charge in [0.15, 0.2) is 0 Å². The summed E-state index contributed by atoms with van der Waals surface area (Å²) in [7, 11) is 8.52. The average Bonchev–Trinajstić information content (AvgIpc) is 3.53. The molecule has 0 aliphatic rings. The normalized spacial score (nSPS) is 11.9. The van der Waals surface area contributed by atoms with Gasteiger partial charge >= 0.3 is 0 Å². The maximum absolute atomic E-state index is 4.84. The number of unbranched alkanes of at least 4 members (excludes halogenated alkanes) is 2. The summed E-state index contributed by atoms with van der Waals surface area (Å²) in [4.78, 5) is 21.2. The van der Waals surface area contributed by atoms with Crippen molar-refractivity contribution in [1.82, 2.24) is 29.7 Å². The molecule has 0 spiro atoms. The van der Waals surface area contributed by atoms with Gasteiger partial charge in [0, 0.05) is 11.1 Å². The van der Waals surface area contributed by atoms with Crippen LogP contribution < -0.4 is 0 Å². The third-order valence-corrected chi connectivity index (χ3v) is 7.17.